The fourth-order valence-corrected chi connectivity index (χ4v) is 1.87. The van der Waals surface area contributed by atoms with Gasteiger partial charge in [0.05, 0.1) is 12.9 Å². The summed E-state index contributed by atoms with van der Waals surface area (Å²) in [4.78, 5) is 15.7. The average molecular weight is 277 g/mol. The zero-order valence-electron chi connectivity index (χ0n) is 10.3. The zero-order chi connectivity index (χ0) is 14.0. The van der Waals surface area contributed by atoms with Crippen molar-refractivity contribution in [1.29, 1.82) is 0 Å². The van der Waals surface area contributed by atoms with Crippen LogP contribution in [0, 0.1) is 12.7 Å². The molecule has 4 nitrogen and oxygen atoms in total. The Morgan fingerprint density at radius 3 is 2.89 bits per heavy atom. The predicted molar refractivity (Wildman–Crippen MR) is 74.6 cm³/mol. The summed E-state index contributed by atoms with van der Waals surface area (Å²) in [6.45, 7) is 1.81. The van der Waals surface area contributed by atoms with Crippen molar-refractivity contribution in [2.75, 3.05) is 0 Å². The number of halogens is 1. The molecule has 0 unspecified atom stereocenters. The van der Waals surface area contributed by atoms with Crippen LogP contribution in [0.3, 0.4) is 0 Å². The van der Waals surface area contributed by atoms with Gasteiger partial charge in [-0.15, -0.1) is 0 Å². The smallest absolute Gasteiger partial charge is 0.253 e. The Morgan fingerprint density at radius 2 is 2.26 bits per heavy atom. The lowest BCUT2D eigenvalue weighted by Gasteiger charge is -2.09. The third-order valence-corrected chi connectivity index (χ3v) is 2.92. The molecule has 0 aliphatic heterocycles. The van der Waals surface area contributed by atoms with Crippen LogP contribution in [-0.2, 0) is 6.54 Å². The first kappa shape index (κ1) is 13.4. The van der Waals surface area contributed by atoms with Crippen LogP contribution in [-0.4, -0.2) is 14.5 Å². The molecule has 1 aromatic heterocycles. The van der Waals surface area contributed by atoms with Crippen molar-refractivity contribution in [2.45, 2.75) is 13.5 Å². The number of aryl methyl sites for hydroxylation is 1. The van der Waals surface area contributed by atoms with Crippen molar-refractivity contribution in [3.8, 4) is 0 Å². The highest BCUT2D eigenvalue weighted by atomic mass is 32.1. The Labute approximate surface area is 114 Å². The van der Waals surface area contributed by atoms with Crippen LogP contribution in [0.4, 0.5) is 4.39 Å². The first-order valence-electron chi connectivity index (χ1n) is 5.59. The van der Waals surface area contributed by atoms with Gasteiger partial charge in [-0.1, -0.05) is 24.4 Å². The lowest BCUT2D eigenvalue weighted by molar-refractivity contribution is 0.592. The summed E-state index contributed by atoms with van der Waals surface area (Å²) in [5, 5.41) is 0. The minimum Gasteiger partial charge on any atom is -0.389 e. The minimum atomic E-state index is -0.498. The molecular weight excluding hydrogens is 265 g/mol. The molecule has 1 heterocycles. The molecule has 2 rings (SSSR count). The number of aromatic nitrogens is 2. The largest absolute Gasteiger partial charge is 0.389 e. The van der Waals surface area contributed by atoms with Crippen LogP contribution in [0.25, 0.3) is 0 Å². The summed E-state index contributed by atoms with van der Waals surface area (Å²) in [5.41, 5.74) is 6.36. The monoisotopic (exact) mass is 277 g/mol. The Kier molecular flexibility index (Phi) is 3.71. The van der Waals surface area contributed by atoms with Crippen LogP contribution in [0.2, 0.25) is 0 Å². The van der Waals surface area contributed by atoms with Crippen LogP contribution in [0.5, 0.6) is 0 Å². The van der Waals surface area contributed by atoms with Gasteiger partial charge in [0.25, 0.3) is 5.56 Å². The number of benzene rings is 1. The normalized spacial score (nSPS) is 10.4. The quantitative estimate of drug-likeness (QED) is 0.861. The maximum atomic E-state index is 14.1. The van der Waals surface area contributed by atoms with Gasteiger partial charge in [-0.2, -0.15) is 0 Å². The Morgan fingerprint density at radius 1 is 1.53 bits per heavy atom. The summed E-state index contributed by atoms with van der Waals surface area (Å²) < 4.78 is 15.4. The molecule has 0 bridgehead atoms. The van der Waals surface area contributed by atoms with Crippen molar-refractivity contribution in [3.63, 3.8) is 0 Å². The van der Waals surface area contributed by atoms with E-state index in [2.05, 4.69) is 4.98 Å². The molecule has 1 aromatic carbocycles. The van der Waals surface area contributed by atoms with Crippen LogP contribution < -0.4 is 11.3 Å². The molecule has 0 spiro atoms. The van der Waals surface area contributed by atoms with Gasteiger partial charge in [-0.25, -0.2) is 9.37 Å². The van der Waals surface area contributed by atoms with Gasteiger partial charge >= 0.3 is 0 Å². The van der Waals surface area contributed by atoms with Gasteiger partial charge in [0.15, 0.2) is 0 Å². The van der Waals surface area contributed by atoms with E-state index in [4.69, 9.17) is 18.0 Å². The lowest BCUT2D eigenvalue weighted by atomic mass is 10.1. The maximum absolute atomic E-state index is 14.1. The molecule has 2 aromatic rings. The predicted octanol–water partition coefficient (Wildman–Crippen LogP) is 1.37. The Balaban J connectivity index is 2.41. The molecule has 6 heteroatoms. The zero-order valence-corrected chi connectivity index (χ0v) is 11.1. The highest BCUT2D eigenvalue weighted by Crippen LogP contribution is 2.13. The Hall–Kier alpha value is -2.08. The van der Waals surface area contributed by atoms with Gasteiger partial charge in [0.2, 0.25) is 0 Å². The number of nitrogens with zero attached hydrogens (tertiary/aromatic N) is 2. The second-order valence-electron chi connectivity index (χ2n) is 4.14. The van der Waals surface area contributed by atoms with Crippen molar-refractivity contribution < 1.29 is 4.39 Å². The van der Waals surface area contributed by atoms with E-state index < -0.39 is 5.82 Å². The standard InChI is InChI=1S/C13H12FN3OS/c1-8-5-11(18)17(7-16-8)6-9-3-2-4-10(12(9)14)13(15)19/h2-5,7H,6H2,1H3,(H2,15,19). The summed E-state index contributed by atoms with van der Waals surface area (Å²) in [6, 6.07) is 6.15. The van der Waals surface area contributed by atoms with Crippen molar-refractivity contribution in [3.05, 3.63) is 63.6 Å². The van der Waals surface area contributed by atoms with Gasteiger partial charge in [-0.05, 0) is 13.0 Å². The van der Waals surface area contributed by atoms with Crippen LogP contribution in [0.1, 0.15) is 16.8 Å². The molecular formula is C13H12FN3OS. The van der Waals surface area contributed by atoms with E-state index in [9.17, 15) is 9.18 Å². The van der Waals surface area contributed by atoms with Gasteiger partial charge < -0.3 is 5.73 Å². The fourth-order valence-electron chi connectivity index (χ4n) is 1.71. The van der Waals surface area contributed by atoms with Crippen molar-refractivity contribution in [2.24, 2.45) is 5.73 Å². The molecule has 2 N–H and O–H groups in total. The molecule has 0 amide bonds. The highest BCUT2D eigenvalue weighted by molar-refractivity contribution is 7.80. The lowest BCUT2D eigenvalue weighted by Crippen LogP contribution is -2.22. The van der Waals surface area contributed by atoms with Crippen LogP contribution >= 0.6 is 12.2 Å². The summed E-state index contributed by atoms with van der Waals surface area (Å²) in [7, 11) is 0. The SMILES string of the molecule is Cc1cc(=O)n(Cc2cccc(C(N)=S)c2F)cn1. The first-order valence-corrected chi connectivity index (χ1v) is 6.00. The van der Waals surface area contributed by atoms with Gasteiger partial charge in [0, 0.05) is 22.9 Å². The van der Waals surface area contributed by atoms with E-state index in [0.29, 0.717) is 11.3 Å². The second kappa shape index (κ2) is 5.27. The second-order valence-corrected chi connectivity index (χ2v) is 4.58. The third-order valence-electron chi connectivity index (χ3n) is 2.70. The van der Waals surface area contributed by atoms with E-state index in [0.717, 1.165) is 0 Å². The van der Waals surface area contributed by atoms with Gasteiger partial charge in [0.1, 0.15) is 10.8 Å². The molecule has 0 aliphatic rings. The molecule has 0 saturated heterocycles. The number of hydrogen-bond donors (Lipinski definition) is 1. The molecule has 0 radical (unpaired) electrons. The molecule has 19 heavy (non-hydrogen) atoms. The average Bonchev–Trinajstić information content (AvgIpc) is 2.34. The molecule has 0 atom stereocenters. The minimum absolute atomic E-state index is 0.00581. The van der Waals surface area contributed by atoms with E-state index >= 15 is 0 Å². The maximum Gasteiger partial charge on any atom is 0.253 e. The number of nitrogens with two attached hydrogens (primary N) is 1. The van der Waals surface area contributed by atoms with E-state index in [1.807, 2.05) is 0 Å². The third kappa shape index (κ3) is 2.85. The van der Waals surface area contributed by atoms with Crippen molar-refractivity contribution in [1.82, 2.24) is 9.55 Å². The van der Waals surface area contributed by atoms with Crippen molar-refractivity contribution >= 4 is 17.2 Å². The number of rotatable bonds is 3. The topological polar surface area (TPSA) is 60.9 Å². The van der Waals surface area contributed by atoms with E-state index in [-0.39, 0.29) is 22.7 Å². The molecule has 98 valence electrons. The summed E-state index contributed by atoms with van der Waals surface area (Å²) in [5.74, 6) is -0.498. The number of hydrogen-bond acceptors (Lipinski definition) is 3. The number of thiocarbonyl (C=S) groups is 1. The molecule has 0 aliphatic carbocycles. The molecule has 0 fully saturated rings. The Bertz CT molecular complexity index is 697. The van der Waals surface area contributed by atoms with Gasteiger partial charge in [-0.3, -0.25) is 9.36 Å². The highest BCUT2D eigenvalue weighted by Gasteiger charge is 2.10. The van der Waals surface area contributed by atoms with Crippen LogP contribution in [0.15, 0.2) is 35.4 Å². The molecule has 0 saturated carbocycles. The summed E-state index contributed by atoms with van der Waals surface area (Å²) in [6.07, 6.45) is 1.39. The van der Waals surface area contributed by atoms with E-state index in [1.54, 1.807) is 19.1 Å². The first-order chi connectivity index (χ1) is 8.99. The summed E-state index contributed by atoms with van der Waals surface area (Å²) >= 11 is 4.77. The van der Waals surface area contributed by atoms with E-state index in [1.165, 1.54) is 23.0 Å². The fraction of sp³-hybridized carbons (Fsp3) is 0.154.